The monoisotopic (exact) mass is 539 g/mol. The quantitative estimate of drug-likeness (QED) is 0.464. The molecule has 0 unspecified atom stereocenters. The molecular formula is C21H26IN5O4. The van der Waals surface area contributed by atoms with E-state index in [-0.39, 0.29) is 18.7 Å². The van der Waals surface area contributed by atoms with E-state index in [0.717, 1.165) is 42.3 Å². The molecule has 0 bridgehead atoms. The summed E-state index contributed by atoms with van der Waals surface area (Å²) >= 11 is 2.22. The predicted octanol–water partition coefficient (Wildman–Crippen LogP) is 1.85. The number of aliphatic hydroxyl groups excluding tert-OH is 1. The average Bonchev–Trinajstić information content (AvgIpc) is 2.93. The van der Waals surface area contributed by atoms with Gasteiger partial charge < -0.3 is 19.3 Å². The van der Waals surface area contributed by atoms with Crippen molar-refractivity contribution in [3.05, 3.63) is 48.7 Å². The van der Waals surface area contributed by atoms with Crippen LogP contribution < -0.4 is 20.9 Å². The highest BCUT2D eigenvalue weighted by atomic mass is 127. The van der Waals surface area contributed by atoms with Gasteiger partial charge in [0, 0.05) is 23.7 Å². The molecule has 3 heterocycles. The van der Waals surface area contributed by atoms with Crippen LogP contribution in [0.4, 0.5) is 5.95 Å². The number of nitrogens with zero attached hydrogens (tertiary/aromatic N) is 4. The van der Waals surface area contributed by atoms with Crippen molar-refractivity contribution in [2.45, 2.75) is 38.3 Å². The zero-order valence-corrected chi connectivity index (χ0v) is 19.5. The van der Waals surface area contributed by atoms with Crippen LogP contribution in [0, 0.1) is 3.57 Å². The van der Waals surface area contributed by atoms with Gasteiger partial charge in [-0.3, -0.25) is 14.3 Å². The third-order valence-corrected chi connectivity index (χ3v) is 6.24. The Bertz CT molecular complexity index is 1160. The summed E-state index contributed by atoms with van der Waals surface area (Å²) in [6, 6.07) is 7.57. The van der Waals surface area contributed by atoms with E-state index < -0.39 is 17.4 Å². The molecule has 1 atom stereocenters. The molecule has 0 spiro atoms. The molecule has 0 radical (unpaired) electrons. The Morgan fingerprint density at radius 1 is 1.16 bits per heavy atom. The number of aryl methyl sites for hydroxylation is 1. The Hall–Kier alpha value is -2.34. The molecule has 9 nitrogen and oxygen atoms in total. The van der Waals surface area contributed by atoms with Gasteiger partial charge in [0.05, 0.1) is 6.54 Å². The van der Waals surface area contributed by atoms with Crippen LogP contribution in [0.5, 0.6) is 5.75 Å². The number of halogens is 1. The fourth-order valence-electron chi connectivity index (χ4n) is 3.89. The van der Waals surface area contributed by atoms with Crippen LogP contribution in [0.2, 0.25) is 0 Å². The summed E-state index contributed by atoms with van der Waals surface area (Å²) in [6.45, 7) is 1.85. The van der Waals surface area contributed by atoms with Crippen molar-refractivity contribution >= 4 is 39.7 Å². The van der Waals surface area contributed by atoms with Crippen molar-refractivity contribution in [1.29, 1.82) is 0 Å². The van der Waals surface area contributed by atoms with E-state index in [2.05, 4.69) is 37.5 Å². The molecule has 1 saturated heterocycles. The van der Waals surface area contributed by atoms with Crippen molar-refractivity contribution < 1.29 is 9.84 Å². The number of benzene rings is 1. The summed E-state index contributed by atoms with van der Waals surface area (Å²) in [5.41, 5.74) is -0.405. The van der Waals surface area contributed by atoms with Crippen LogP contribution in [0.15, 0.2) is 33.9 Å². The molecule has 31 heavy (non-hydrogen) atoms. The van der Waals surface area contributed by atoms with Gasteiger partial charge in [0.15, 0.2) is 11.2 Å². The lowest BCUT2D eigenvalue weighted by molar-refractivity contribution is 0.0936. The van der Waals surface area contributed by atoms with E-state index in [0.29, 0.717) is 17.3 Å². The minimum absolute atomic E-state index is 0.0728. The lowest BCUT2D eigenvalue weighted by Crippen LogP contribution is -2.32. The van der Waals surface area contributed by atoms with Crippen LogP contribution in [0.3, 0.4) is 0 Å². The number of imidazole rings is 1. The van der Waals surface area contributed by atoms with E-state index >= 15 is 0 Å². The van der Waals surface area contributed by atoms with E-state index in [1.54, 1.807) is 11.6 Å². The molecule has 2 N–H and O–H groups in total. The Morgan fingerprint density at radius 2 is 1.84 bits per heavy atom. The van der Waals surface area contributed by atoms with E-state index in [4.69, 9.17) is 4.74 Å². The third-order valence-electron chi connectivity index (χ3n) is 5.53. The number of aromatic amines is 1. The second-order valence-corrected chi connectivity index (χ2v) is 9.08. The van der Waals surface area contributed by atoms with Crippen molar-refractivity contribution in [3.63, 3.8) is 0 Å². The number of hydrogen-bond acceptors (Lipinski definition) is 6. The molecule has 1 aliphatic rings. The standard InChI is InChI=1S/C21H26IN5O4/c1-25-18-17(19(29)24-21(25)30)27(20(23-18)26-10-4-2-3-5-11-26)12-15(28)13-31-16-8-6-14(22)7-9-16/h6-9,15,28H,2-5,10-13H2,1H3,(H,24,29,30)/t15-/m1/s1. The Morgan fingerprint density at radius 3 is 2.52 bits per heavy atom. The first kappa shape index (κ1) is 21.9. The minimum Gasteiger partial charge on any atom is -0.491 e. The summed E-state index contributed by atoms with van der Waals surface area (Å²) in [5, 5.41) is 10.7. The van der Waals surface area contributed by atoms with Crippen LogP contribution in [0.25, 0.3) is 11.2 Å². The maximum absolute atomic E-state index is 12.7. The van der Waals surface area contributed by atoms with Gasteiger partial charge in [-0.25, -0.2) is 4.79 Å². The topological polar surface area (TPSA) is 105 Å². The van der Waals surface area contributed by atoms with Gasteiger partial charge in [0.25, 0.3) is 5.56 Å². The van der Waals surface area contributed by atoms with Crippen molar-refractivity contribution in [2.75, 3.05) is 24.6 Å². The van der Waals surface area contributed by atoms with E-state index in [9.17, 15) is 14.7 Å². The lowest BCUT2D eigenvalue weighted by atomic mass is 10.2. The molecule has 1 fully saturated rings. The highest BCUT2D eigenvalue weighted by molar-refractivity contribution is 14.1. The van der Waals surface area contributed by atoms with Crippen LogP contribution in [0.1, 0.15) is 25.7 Å². The Kier molecular flexibility index (Phi) is 6.65. The minimum atomic E-state index is -0.862. The smallest absolute Gasteiger partial charge is 0.329 e. The number of H-pyrrole nitrogens is 1. The molecule has 1 aliphatic heterocycles. The fraction of sp³-hybridized carbons (Fsp3) is 0.476. The van der Waals surface area contributed by atoms with Crippen LogP contribution >= 0.6 is 22.6 Å². The summed E-state index contributed by atoms with van der Waals surface area (Å²) in [4.78, 5) is 33.9. The maximum Gasteiger partial charge on any atom is 0.329 e. The third kappa shape index (κ3) is 4.79. The van der Waals surface area contributed by atoms with Crippen molar-refractivity contribution in [1.82, 2.24) is 19.1 Å². The van der Waals surface area contributed by atoms with Gasteiger partial charge >= 0.3 is 5.69 Å². The Labute approximate surface area is 192 Å². The zero-order valence-electron chi connectivity index (χ0n) is 17.4. The lowest BCUT2D eigenvalue weighted by Gasteiger charge is -2.23. The predicted molar refractivity (Wildman–Crippen MR) is 127 cm³/mol. The summed E-state index contributed by atoms with van der Waals surface area (Å²) < 4.78 is 9.88. The number of rotatable bonds is 6. The zero-order chi connectivity index (χ0) is 22.0. The first-order valence-electron chi connectivity index (χ1n) is 10.4. The van der Waals surface area contributed by atoms with Gasteiger partial charge in [-0.2, -0.15) is 4.98 Å². The van der Waals surface area contributed by atoms with Crippen molar-refractivity contribution in [3.8, 4) is 5.75 Å². The van der Waals surface area contributed by atoms with E-state index in [1.807, 2.05) is 24.3 Å². The number of hydrogen-bond donors (Lipinski definition) is 2. The number of fused-ring (bicyclic) bond motifs is 1. The summed E-state index contributed by atoms with van der Waals surface area (Å²) in [6.07, 6.45) is 3.53. The van der Waals surface area contributed by atoms with Gasteiger partial charge in [-0.05, 0) is 59.7 Å². The highest BCUT2D eigenvalue weighted by Gasteiger charge is 2.24. The molecule has 166 valence electrons. The molecule has 0 saturated carbocycles. The highest BCUT2D eigenvalue weighted by Crippen LogP contribution is 2.23. The molecule has 10 heteroatoms. The largest absolute Gasteiger partial charge is 0.491 e. The summed E-state index contributed by atoms with van der Waals surface area (Å²) in [7, 11) is 1.58. The second kappa shape index (κ2) is 9.43. The first-order valence-corrected chi connectivity index (χ1v) is 11.5. The average molecular weight is 539 g/mol. The number of nitrogens with one attached hydrogen (secondary N) is 1. The molecule has 1 aromatic carbocycles. The SMILES string of the molecule is Cn1c(=O)[nH]c(=O)c2c1nc(N1CCCCCC1)n2C[C@@H](O)COc1ccc(I)cc1. The van der Waals surface area contributed by atoms with Crippen LogP contribution in [-0.2, 0) is 13.6 Å². The number of aromatic nitrogens is 4. The van der Waals surface area contributed by atoms with Gasteiger partial charge in [-0.1, -0.05) is 12.8 Å². The number of ether oxygens (including phenoxy) is 1. The van der Waals surface area contributed by atoms with Gasteiger partial charge in [0.2, 0.25) is 5.95 Å². The fourth-order valence-corrected chi connectivity index (χ4v) is 4.25. The first-order chi connectivity index (χ1) is 14.9. The molecule has 0 aliphatic carbocycles. The van der Waals surface area contributed by atoms with Crippen molar-refractivity contribution in [2.24, 2.45) is 7.05 Å². The molecular weight excluding hydrogens is 513 g/mol. The van der Waals surface area contributed by atoms with Gasteiger partial charge in [0.1, 0.15) is 18.5 Å². The normalized spacial score (nSPS) is 15.8. The molecule has 0 amide bonds. The molecule has 2 aromatic heterocycles. The summed E-state index contributed by atoms with van der Waals surface area (Å²) in [5.74, 6) is 1.28. The van der Waals surface area contributed by atoms with Gasteiger partial charge in [-0.15, -0.1) is 0 Å². The van der Waals surface area contributed by atoms with E-state index in [1.165, 1.54) is 4.57 Å². The Balaban J connectivity index is 1.66. The van der Waals surface area contributed by atoms with Crippen LogP contribution in [-0.4, -0.2) is 50.0 Å². The number of anilines is 1. The number of aliphatic hydroxyl groups is 1. The maximum atomic E-state index is 12.7. The second-order valence-electron chi connectivity index (χ2n) is 7.83. The molecule has 3 aromatic rings. The molecule has 4 rings (SSSR count).